The molecule has 182 valence electrons. The molecule has 0 saturated carbocycles. The zero-order valence-electron chi connectivity index (χ0n) is 20.2. The fraction of sp³-hybridized carbons (Fsp3) is 0.346. The average Bonchev–Trinajstić information content (AvgIpc) is 3.00. The summed E-state index contributed by atoms with van der Waals surface area (Å²) in [5, 5.41) is 0. The van der Waals surface area contributed by atoms with Gasteiger partial charge < -0.3 is 24.8 Å². The van der Waals surface area contributed by atoms with Crippen LogP contribution in [0, 0.1) is 0 Å². The third-order valence-corrected chi connectivity index (χ3v) is 5.84. The summed E-state index contributed by atoms with van der Waals surface area (Å²) in [6.07, 6.45) is 2.90. The van der Waals surface area contributed by atoms with Gasteiger partial charge in [0.1, 0.15) is 23.8 Å². The molecule has 9 nitrogen and oxygen atoms in total. The Morgan fingerprint density at radius 1 is 1.03 bits per heavy atom. The molecule has 2 N–H and O–H groups in total. The first-order valence-electron chi connectivity index (χ1n) is 11.6. The zero-order valence-corrected chi connectivity index (χ0v) is 20.2. The van der Waals surface area contributed by atoms with Gasteiger partial charge in [0.2, 0.25) is 0 Å². The summed E-state index contributed by atoms with van der Waals surface area (Å²) in [6.45, 7) is 8.60. The highest BCUT2D eigenvalue weighted by atomic mass is 16.6. The Morgan fingerprint density at radius 2 is 1.80 bits per heavy atom. The van der Waals surface area contributed by atoms with Crippen LogP contribution in [0.25, 0.3) is 11.1 Å². The van der Waals surface area contributed by atoms with Gasteiger partial charge in [0.05, 0.1) is 24.5 Å². The van der Waals surface area contributed by atoms with Crippen molar-refractivity contribution in [3.8, 4) is 16.9 Å². The van der Waals surface area contributed by atoms with E-state index in [4.69, 9.17) is 19.9 Å². The quantitative estimate of drug-likeness (QED) is 0.577. The third kappa shape index (κ3) is 4.72. The van der Waals surface area contributed by atoms with E-state index in [-0.39, 0.29) is 6.61 Å². The number of morpholine rings is 1. The molecule has 0 bridgehead atoms. The molecule has 9 heteroatoms. The van der Waals surface area contributed by atoms with E-state index in [0.717, 1.165) is 35.5 Å². The van der Waals surface area contributed by atoms with E-state index in [2.05, 4.69) is 14.9 Å². The van der Waals surface area contributed by atoms with Crippen LogP contribution in [-0.2, 0) is 16.1 Å². The van der Waals surface area contributed by atoms with Gasteiger partial charge in [0.25, 0.3) is 0 Å². The summed E-state index contributed by atoms with van der Waals surface area (Å²) in [5.41, 5.74) is 9.16. The molecule has 35 heavy (non-hydrogen) atoms. The summed E-state index contributed by atoms with van der Waals surface area (Å²) in [7, 11) is 0. The molecule has 2 aliphatic rings. The van der Waals surface area contributed by atoms with Gasteiger partial charge >= 0.3 is 6.09 Å². The van der Waals surface area contributed by atoms with Crippen molar-refractivity contribution < 1.29 is 19.0 Å². The van der Waals surface area contributed by atoms with Crippen molar-refractivity contribution in [1.82, 2.24) is 9.97 Å². The first-order valence-corrected chi connectivity index (χ1v) is 11.6. The minimum Gasteiger partial charge on any atom is -0.486 e. The van der Waals surface area contributed by atoms with Gasteiger partial charge in [-0.1, -0.05) is 6.07 Å². The minimum absolute atomic E-state index is 0.269. The molecule has 0 atom stereocenters. The summed E-state index contributed by atoms with van der Waals surface area (Å²) < 4.78 is 17.6. The van der Waals surface area contributed by atoms with Crippen LogP contribution in [0.1, 0.15) is 26.3 Å². The maximum absolute atomic E-state index is 13.6. The van der Waals surface area contributed by atoms with Crippen molar-refractivity contribution >= 4 is 29.1 Å². The second kappa shape index (κ2) is 9.07. The number of nitrogens with zero attached hydrogens (tertiary/aromatic N) is 4. The Balaban J connectivity index is 1.65. The lowest BCUT2D eigenvalue weighted by Gasteiger charge is -2.32. The standard InChI is InChI=1S/C26H29N5O4/c1-26(2,3)35-25(32)31-21-14-17(18-5-7-23(27)29-15-18)4-6-22(21)34-16-19-20(8-9-28-24(19)31)30-10-12-33-13-11-30/h4-9,14-15H,10-13,16H2,1-3H3,(H2,27,29). The summed E-state index contributed by atoms with van der Waals surface area (Å²) in [4.78, 5) is 26.2. The van der Waals surface area contributed by atoms with E-state index in [1.807, 2.05) is 51.1 Å². The van der Waals surface area contributed by atoms with Gasteiger partial charge in [-0.2, -0.15) is 0 Å². The molecule has 1 aromatic carbocycles. The summed E-state index contributed by atoms with van der Waals surface area (Å²) >= 11 is 0. The number of amides is 1. The van der Waals surface area contributed by atoms with Crippen molar-refractivity contribution in [1.29, 1.82) is 0 Å². The number of aromatic nitrogens is 2. The first kappa shape index (κ1) is 22.9. The topological polar surface area (TPSA) is 103 Å². The van der Waals surface area contributed by atoms with Crippen LogP contribution in [0.4, 0.5) is 27.8 Å². The number of ether oxygens (including phenoxy) is 3. The maximum atomic E-state index is 13.6. The molecule has 3 aromatic rings. The second-order valence-electron chi connectivity index (χ2n) is 9.49. The van der Waals surface area contributed by atoms with E-state index in [1.165, 1.54) is 4.90 Å². The molecule has 0 spiro atoms. The van der Waals surface area contributed by atoms with E-state index in [9.17, 15) is 4.79 Å². The van der Waals surface area contributed by atoms with Crippen LogP contribution in [0.2, 0.25) is 0 Å². The second-order valence-corrected chi connectivity index (χ2v) is 9.49. The molecule has 1 saturated heterocycles. The molecule has 1 amide bonds. The lowest BCUT2D eigenvalue weighted by molar-refractivity contribution is 0.0598. The molecular weight excluding hydrogens is 446 g/mol. The highest BCUT2D eigenvalue weighted by Crippen LogP contribution is 2.44. The number of carbonyl (C=O) groups excluding carboxylic acids is 1. The highest BCUT2D eigenvalue weighted by molar-refractivity contribution is 5.99. The Hall–Kier alpha value is -3.85. The Morgan fingerprint density at radius 3 is 2.51 bits per heavy atom. The van der Waals surface area contributed by atoms with Gasteiger partial charge in [-0.3, -0.25) is 0 Å². The van der Waals surface area contributed by atoms with Crippen LogP contribution in [0.3, 0.4) is 0 Å². The Bertz CT molecular complexity index is 1230. The number of nitrogens with two attached hydrogens (primary N) is 1. The van der Waals surface area contributed by atoms with Gasteiger partial charge in [0, 0.05) is 36.7 Å². The van der Waals surface area contributed by atoms with Crippen LogP contribution in [-0.4, -0.2) is 48.0 Å². The summed E-state index contributed by atoms with van der Waals surface area (Å²) in [6, 6.07) is 11.3. The van der Waals surface area contributed by atoms with Crippen molar-refractivity contribution in [3.05, 3.63) is 54.4 Å². The van der Waals surface area contributed by atoms with Crippen molar-refractivity contribution in [2.45, 2.75) is 33.0 Å². The number of hydrogen-bond donors (Lipinski definition) is 1. The average molecular weight is 476 g/mol. The number of benzene rings is 1. The smallest absolute Gasteiger partial charge is 0.420 e. The van der Waals surface area contributed by atoms with Gasteiger partial charge in [-0.15, -0.1) is 0 Å². The molecule has 5 rings (SSSR count). The molecule has 0 aliphatic carbocycles. The fourth-order valence-electron chi connectivity index (χ4n) is 4.23. The fourth-order valence-corrected chi connectivity index (χ4v) is 4.23. The van der Waals surface area contributed by atoms with Crippen LogP contribution in [0.5, 0.6) is 5.75 Å². The minimum atomic E-state index is -0.690. The Labute approximate surface area is 204 Å². The van der Waals surface area contributed by atoms with Crippen LogP contribution in [0.15, 0.2) is 48.8 Å². The normalized spacial score (nSPS) is 15.5. The molecule has 0 unspecified atom stereocenters. The predicted octanol–water partition coefficient (Wildman–Crippen LogP) is 4.53. The monoisotopic (exact) mass is 475 g/mol. The molecular formula is C26H29N5O4. The number of rotatable bonds is 2. The van der Waals surface area contributed by atoms with E-state index < -0.39 is 11.7 Å². The molecule has 0 radical (unpaired) electrons. The SMILES string of the molecule is CC(C)(C)OC(=O)N1c2cc(-c3ccc(N)nc3)ccc2OCc2c(N3CCOCC3)ccnc21. The van der Waals surface area contributed by atoms with Crippen molar-refractivity contribution in [2.75, 3.05) is 41.8 Å². The number of nitrogen functional groups attached to an aromatic ring is 1. The van der Waals surface area contributed by atoms with Crippen LogP contribution >= 0.6 is 0 Å². The van der Waals surface area contributed by atoms with Crippen molar-refractivity contribution in [3.63, 3.8) is 0 Å². The number of carbonyl (C=O) groups is 1. The van der Waals surface area contributed by atoms with E-state index in [0.29, 0.717) is 36.3 Å². The number of hydrogen-bond acceptors (Lipinski definition) is 8. The first-order chi connectivity index (χ1) is 16.8. The molecule has 4 heterocycles. The Kier molecular flexibility index (Phi) is 5.94. The number of fused-ring (bicyclic) bond motifs is 2. The van der Waals surface area contributed by atoms with Gasteiger partial charge in [0.15, 0.2) is 5.82 Å². The number of pyridine rings is 2. The zero-order chi connectivity index (χ0) is 24.6. The molecule has 2 aromatic heterocycles. The van der Waals surface area contributed by atoms with E-state index in [1.54, 1.807) is 18.5 Å². The van der Waals surface area contributed by atoms with Crippen LogP contribution < -0.4 is 20.3 Å². The number of anilines is 4. The van der Waals surface area contributed by atoms with Gasteiger partial charge in [-0.05, 0) is 56.7 Å². The van der Waals surface area contributed by atoms with Crippen molar-refractivity contribution in [2.24, 2.45) is 0 Å². The lowest BCUT2D eigenvalue weighted by atomic mass is 10.1. The predicted molar refractivity (Wildman–Crippen MR) is 134 cm³/mol. The highest BCUT2D eigenvalue weighted by Gasteiger charge is 2.34. The van der Waals surface area contributed by atoms with Gasteiger partial charge in [-0.25, -0.2) is 19.7 Å². The molecule has 2 aliphatic heterocycles. The van der Waals surface area contributed by atoms with E-state index >= 15 is 0 Å². The largest absolute Gasteiger partial charge is 0.486 e. The molecule has 1 fully saturated rings. The maximum Gasteiger partial charge on any atom is 0.420 e. The lowest BCUT2D eigenvalue weighted by Crippen LogP contribution is -2.38. The summed E-state index contributed by atoms with van der Waals surface area (Å²) in [5.74, 6) is 1.50. The third-order valence-electron chi connectivity index (χ3n) is 5.84.